The van der Waals surface area contributed by atoms with Crippen LogP contribution in [0.2, 0.25) is 0 Å². The van der Waals surface area contributed by atoms with Crippen molar-refractivity contribution in [3.8, 4) is 16.9 Å². The Morgan fingerprint density at radius 1 is 0.914 bits per heavy atom. The van der Waals surface area contributed by atoms with Crippen LogP contribution in [0.1, 0.15) is 15.9 Å². The van der Waals surface area contributed by atoms with Gasteiger partial charge in [0.1, 0.15) is 16.9 Å². The van der Waals surface area contributed by atoms with E-state index in [0.717, 1.165) is 21.9 Å². The van der Waals surface area contributed by atoms with E-state index in [1.807, 2.05) is 54.6 Å². The third kappa shape index (κ3) is 4.42. The Balaban J connectivity index is 1.38. The molecule has 0 saturated carbocycles. The Morgan fingerprint density at radius 2 is 1.66 bits per heavy atom. The summed E-state index contributed by atoms with van der Waals surface area (Å²) >= 11 is 5.22. The molecule has 0 radical (unpaired) electrons. The predicted octanol–water partition coefficient (Wildman–Crippen LogP) is 5.98. The second-order valence-electron chi connectivity index (χ2n) is 7.73. The van der Waals surface area contributed by atoms with Crippen molar-refractivity contribution in [2.45, 2.75) is 0 Å². The number of aromatic hydroxyl groups is 1. The molecule has 1 aromatic heterocycles. The van der Waals surface area contributed by atoms with E-state index in [1.54, 1.807) is 18.2 Å². The fourth-order valence-electron chi connectivity index (χ4n) is 3.89. The molecule has 35 heavy (non-hydrogen) atoms. The number of hydrogen-bond donors (Lipinski definition) is 4. The summed E-state index contributed by atoms with van der Waals surface area (Å²) in [4.78, 5) is 11.1. The van der Waals surface area contributed by atoms with Gasteiger partial charge < -0.3 is 19.9 Å². The zero-order chi connectivity index (χ0) is 24.4. The predicted molar refractivity (Wildman–Crippen MR) is 141 cm³/mol. The first-order chi connectivity index (χ1) is 17.0. The van der Waals surface area contributed by atoms with Gasteiger partial charge in [-0.25, -0.2) is 4.79 Å². The maximum absolute atomic E-state index is 11.1. The van der Waals surface area contributed by atoms with Gasteiger partial charge in [0.15, 0.2) is 5.11 Å². The fraction of sp³-hybridized carbons (Fsp3) is 0. The highest BCUT2D eigenvalue weighted by molar-refractivity contribution is 7.80. The van der Waals surface area contributed by atoms with Crippen molar-refractivity contribution in [1.82, 2.24) is 5.43 Å². The third-order valence-electron chi connectivity index (χ3n) is 5.50. The Morgan fingerprint density at radius 3 is 2.51 bits per heavy atom. The molecule has 172 valence electrons. The Hall–Kier alpha value is -4.69. The van der Waals surface area contributed by atoms with E-state index in [9.17, 15) is 9.90 Å². The Labute approximate surface area is 205 Å². The minimum Gasteiger partial charge on any atom is -0.507 e. The molecule has 4 N–H and O–H groups in total. The molecule has 0 aliphatic rings. The lowest BCUT2D eigenvalue weighted by Crippen LogP contribution is -2.24. The van der Waals surface area contributed by atoms with Crippen LogP contribution in [-0.2, 0) is 0 Å². The number of hydrogen-bond acceptors (Lipinski definition) is 5. The average molecular weight is 482 g/mol. The molecule has 0 spiro atoms. The molecule has 4 aromatic carbocycles. The molecular formula is C27H19N3O4S. The first-order valence-corrected chi connectivity index (χ1v) is 11.1. The summed E-state index contributed by atoms with van der Waals surface area (Å²) in [6.45, 7) is 0. The summed E-state index contributed by atoms with van der Waals surface area (Å²) < 4.78 is 6.11. The van der Waals surface area contributed by atoms with Crippen LogP contribution >= 0.6 is 12.2 Å². The van der Waals surface area contributed by atoms with Crippen molar-refractivity contribution in [2.75, 3.05) is 5.32 Å². The number of furan rings is 1. The Kier molecular flexibility index (Phi) is 5.87. The van der Waals surface area contributed by atoms with Gasteiger partial charge in [0.25, 0.3) is 0 Å². The highest BCUT2D eigenvalue weighted by Crippen LogP contribution is 2.39. The van der Waals surface area contributed by atoms with Crippen molar-refractivity contribution < 1.29 is 19.4 Å². The van der Waals surface area contributed by atoms with Crippen LogP contribution < -0.4 is 10.7 Å². The number of aromatic carboxylic acids is 1. The van der Waals surface area contributed by atoms with Crippen LogP contribution in [0.4, 0.5) is 5.69 Å². The normalized spacial score (nSPS) is 11.2. The lowest BCUT2D eigenvalue weighted by molar-refractivity contribution is 0.0697. The largest absolute Gasteiger partial charge is 0.507 e. The lowest BCUT2D eigenvalue weighted by atomic mass is 9.99. The topological polar surface area (TPSA) is 107 Å². The number of rotatable bonds is 5. The van der Waals surface area contributed by atoms with Crippen molar-refractivity contribution in [3.05, 3.63) is 96.1 Å². The van der Waals surface area contributed by atoms with Gasteiger partial charge in [-0.2, -0.15) is 5.10 Å². The zero-order valence-electron chi connectivity index (χ0n) is 18.2. The number of nitrogens with zero attached hydrogens (tertiary/aromatic N) is 1. The number of carboxylic acids is 1. The fourth-order valence-corrected chi connectivity index (χ4v) is 4.06. The SMILES string of the molecule is O=C(O)c1cccc(NC(=S)N/N=C/c2cccc(-c3cccc4c3oc3ccccc34)c2O)c1. The van der Waals surface area contributed by atoms with E-state index >= 15 is 0 Å². The molecular weight excluding hydrogens is 462 g/mol. The van der Waals surface area contributed by atoms with Gasteiger partial charge in [-0.3, -0.25) is 5.43 Å². The molecule has 0 amide bonds. The molecule has 0 aliphatic heterocycles. The highest BCUT2D eigenvalue weighted by atomic mass is 32.1. The van der Waals surface area contributed by atoms with Gasteiger partial charge in [-0.15, -0.1) is 0 Å². The standard InChI is InChI=1S/C27H19N3O4S/c31-24-17(15-28-30-27(35)29-18-8-3-6-16(14-18)26(32)33)7-4-10-20(24)22-12-5-11-21-19-9-1-2-13-23(19)34-25(21)22/h1-15,31H,(H,32,33)(H2,29,30,35)/b28-15+. The maximum atomic E-state index is 11.1. The quantitative estimate of drug-likeness (QED) is 0.139. The van der Waals surface area contributed by atoms with Crippen LogP contribution in [0, 0.1) is 0 Å². The van der Waals surface area contributed by atoms with Gasteiger partial charge in [0.2, 0.25) is 0 Å². The third-order valence-corrected chi connectivity index (χ3v) is 5.69. The summed E-state index contributed by atoms with van der Waals surface area (Å²) in [6, 6.07) is 25.3. The molecule has 8 heteroatoms. The zero-order valence-corrected chi connectivity index (χ0v) is 19.0. The van der Waals surface area contributed by atoms with Crippen LogP contribution in [0.3, 0.4) is 0 Å². The number of fused-ring (bicyclic) bond motifs is 3. The Bertz CT molecular complexity index is 1620. The minimum atomic E-state index is -1.03. The first-order valence-electron chi connectivity index (χ1n) is 10.7. The summed E-state index contributed by atoms with van der Waals surface area (Å²) in [5.74, 6) is -0.974. The van der Waals surface area contributed by atoms with Gasteiger partial charge in [0.05, 0.1) is 11.8 Å². The van der Waals surface area contributed by atoms with Gasteiger partial charge in [-0.05, 0) is 42.5 Å². The number of carbonyl (C=O) groups is 1. The van der Waals surface area contributed by atoms with E-state index in [0.29, 0.717) is 22.4 Å². The van der Waals surface area contributed by atoms with Crippen molar-refractivity contribution in [3.63, 3.8) is 0 Å². The first kappa shape index (κ1) is 22.1. The molecule has 0 aliphatic carbocycles. The lowest BCUT2D eigenvalue weighted by Gasteiger charge is -2.09. The average Bonchev–Trinajstić information content (AvgIpc) is 3.24. The number of anilines is 1. The maximum Gasteiger partial charge on any atom is 0.335 e. The number of hydrazone groups is 1. The van der Waals surface area contributed by atoms with Gasteiger partial charge >= 0.3 is 5.97 Å². The monoisotopic (exact) mass is 481 g/mol. The number of phenols is 1. The molecule has 7 nitrogen and oxygen atoms in total. The van der Waals surface area contributed by atoms with E-state index < -0.39 is 5.97 Å². The molecule has 5 rings (SSSR count). The van der Waals surface area contributed by atoms with E-state index in [1.165, 1.54) is 18.3 Å². The number of nitrogens with one attached hydrogen (secondary N) is 2. The molecule has 0 unspecified atom stereocenters. The van der Waals surface area contributed by atoms with Gasteiger partial charge in [-0.1, -0.05) is 54.6 Å². The van der Waals surface area contributed by atoms with E-state index in [2.05, 4.69) is 15.8 Å². The molecule has 1 heterocycles. The number of carboxylic acid groups (broad SMARTS) is 1. The number of para-hydroxylation sites is 3. The second kappa shape index (κ2) is 9.28. The number of phenolic OH excluding ortho intramolecular Hbond substituents is 1. The smallest absolute Gasteiger partial charge is 0.335 e. The summed E-state index contributed by atoms with van der Waals surface area (Å²) in [5.41, 5.74) is 6.69. The summed E-state index contributed by atoms with van der Waals surface area (Å²) in [5, 5.41) is 29.2. The van der Waals surface area contributed by atoms with Crippen LogP contribution in [0.15, 0.2) is 94.4 Å². The highest BCUT2D eigenvalue weighted by Gasteiger charge is 2.15. The molecule has 0 atom stereocenters. The molecule has 5 aromatic rings. The van der Waals surface area contributed by atoms with E-state index in [4.69, 9.17) is 21.7 Å². The van der Waals surface area contributed by atoms with Crippen LogP contribution in [0.5, 0.6) is 5.75 Å². The van der Waals surface area contributed by atoms with Gasteiger partial charge in [0, 0.05) is 33.2 Å². The molecule has 0 bridgehead atoms. The molecule has 0 saturated heterocycles. The molecule has 0 fully saturated rings. The number of benzene rings is 4. The minimum absolute atomic E-state index is 0.0547. The van der Waals surface area contributed by atoms with Crippen molar-refractivity contribution in [1.29, 1.82) is 0 Å². The second-order valence-corrected chi connectivity index (χ2v) is 8.14. The van der Waals surface area contributed by atoms with Crippen LogP contribution in [0.25, 0.3) is 33.1 Å². The summed E-state index contributed by atoms with van der Waals surface area (Å²) in [6.07, 6.45) is 1.46. The van der Waals surface area contributed by atoms with Crippen molar-refractivity contribution in [2.24, 2.45) is 5.10 Å². The summed E-state index contributed by atoms with van der Waals surface area (Å²) in [7, 11) is 0. The number of thiocarbonyl (C=S) groups is 1. The van der Waals surface area contributed by atoms with Crippen molar-refractivity contribution >= 4 is 57.1 Å². The van der Waals surface area contributed by atoms with E-state index in [-0.39, 0.29) is 16.4 Å². The van der Waals surface area contributed by atoms with Crippen LogP contribution in [-0.4, -0.2) is 27.5 Å².